The monoisotopic (exact) mass is 440 g/mol. The van der Waals surface area contributed by atoms with E-state index in [1.165, 1.54) is 11.3 Å². The standard InChI is InChI=1S/C22H24N4O2S2/c1-15-23-19(14-30-15)13-26-9-7-16(8-10-26)21(27)24-17-4-2-5-18(12-17)25-22(28)20-6-3-11-29-20/h2-6,11-12,14,16H,7-10,13H2,1H3,(H,24,27)(H,25,28). The van der Waals surface area contributed by atoms with Crippen molar-refractivity contribution in [2.45, 2.75) is 26.3 Å². The van der Waals surface area contributed by atoms with E-state index in [1.807, 2.05) is 36.6 Å². The summed E-state index contributed by atoms with van der Waals surface area (Å²) in [4.78, 5) is 32.5. The minimum absolute atomic E-state index is 0.00258. The smallest absolute Gasteiger partial charge is 0.265 e. The number of thiophene rings is 1. The van der Waals surface area contributed by atoms with Crippen LogP contribution < -0.4 is 10.6 Å². The average molecular weight is 441 g/mol. The Hall–Kier alpha value is -2.55. The van der Waals surface area contributed by atoms with Gasteiger partial charge in [-0.25, -0.2) is 4.98 Å². The van der Waals surface area contributed by atoms with Crippen molar-refractivity contribution in [3.8, 4) is 0 Å². The van der Waals surface area contributed by atoms with E-state index in [0.717, 1.165) is 43.2 Å². The summed E-state index contributed by atoms with van der Waals surface area (Å²) in [7, 11) is 0. The minimum atomic E-state index is -0.142. The molecule has 2 N–H and O–H groups in total. The number of likely N-dealkylation sites (tertiary alicyclic amines) is 1. The van der Waals surface area contributed by atoms with Gasteiger partial charge in [-0.3, -0.25) is 14.5 Å². The zero-order valence-electron chi connectivity index (χ0n) is 16.8. The molecule has 3 aromatic rings. The summed E-state index contributed by atoms with van der Waals surface area (Å²) in [6.07, 6.45) is 1.67. The van der Waals surface area contributed by atoms with Crippen LogP contribution in [-0.2, 0) is 11.3 Å². The first-order valence-corrected chi connectivity index (χ1v) is 11.7. The van der Waals surface area contributed by atoms with E-state index in [1.54, 1.807) is 23.5 Å². The number of piperidine rings is 1. The van der Waals surface area contributed by atoms with Gasteiger partial charge in [0.25, 0.3) is 5.91 Å². The molecule has 0 atom stereocenters. The third kappa shape index (κ3) is 5.33. The van der Waals surface area contributed by atoms with Crippen LogP contribution in [0.1, 0.15) is 33.2 Å². The molecule has 0 aliphatic carbocycles. The molecule has 1 saturated heterocycles. The molecule has 0 saturated carbocycles. The molecule has 6 nitrogen and oxygen atoms in total. The first-order valence-electron chi connectivity index (χ1n) is 9.96. The van der Waals surface area contributed by atoms with Crippen LogP contribution in [0.4, 0.5) is 11.4 Å². The number of benzene rings is 1. The fraction of sp³-hybridized carbons (Fsp3) is 0.318. The van der Waals surface area contributed by atoms with Gasteiger partial charge < -0.3 is 10.6 Å². The average Bonchev–Trinajstić information content (AvgIpc) is 3.41. The Morgan fingerprint density at radius 3 is 2.53 bits per heavy atom. The van der Waals surface area contributed by atoms with Gasteiger partial charge in [0.05, 0.1) is 15.6 Å². The summed E-state index contributed by atoms with van der Waals surface area (Å²) in [5.41, 5.74) is 2.48. The number of carbonyl (C=O) groups excluding carboxylic acids is 2. The van der Waals surface area contributed by atoms with Crippen LogP contribution in [0.3, 0.4) is 0 Å². The van der Waals surface area contributed by atoms with Gasteiger partial charge in [-0.15, -0.1) is 22.7 Å². The van der Waals surface area contributed by atoms with Crippen LogP contribution in [-0.4, -0.2) is 34.8 Å². The highest BCUT2D eigenvalue weighted by atomic mass is 32.1. The van der Waals surface area contributed by atoms with Gasteiger partial charge in [0.2, 0.25) is 5.91 Å². The Kier molecular flexibility index (Phi) is 6.56. The number of thiazole rings is 1. The molecule has 2 aromatic heterocycles. The number of aryl methyl sites for hydroxylation is 1. The number of nitrogens with zero attached hydrogens (tertiary/aromatic N) is 2. The molecule has 0 unspecified atom stereocenters. The number of amides is 2. The number of carbonyl (C=O) groups is 2. The second-order valence-corrected chi connectivity index (χ2v) is 9.42. The van der Waals surface area contributed by atoms with Gasteiger partial charge in [0, 0.05) is 29.2 Å². The molecular formula is C22H24N4O2S2. The van der Waals surface area contributed by atoms with Gasteiger partial charge in [0.15, 0.2) is 0 Å². The van der Waals surface area contributed by atoms with Crippen molar-refractivity contribution in [3.05, 3.63) is 62.7 Å². The number of anilines is 2. The van der Waals surface area contributed by atoms with Crippen LogP contribution in [0.5, 0.6) is 0 Å². The van der Waals surface area contributed by atoms with Crippen LogP contribution in [0.15, 0.2) is 47.2 Å². The third-order valence-electron chi connectivity index (χ3n) is 5.14. The number of hydrogen-bond donors (Lipinski definition) is 2. The highest BCUT2D eigenvalue weighted by Gasteiger charge is 2.25. The lowest BCUT2D eigenvalue weighted by atomic mass is 9.95. The van der Waals surface area contributed by atoms with Crippen molar-refractivity contribution in [1.29, 1.82) is 0 Å². The molecule has 8 heteroatoms. The molecule has 0 bridgehead atoms. The summed E-state index contributed by atoms with van der Waals surface area (Å²) in [6.45, 7) is 4.66. The largest absolute Gasteiger partial charge is 0.326 e. The van der Waals surface area contributed by atoms with Crippen molar-refractivity contribution in [1.82, 2.24) is 9.88 Å². The zero-order valence-corrected chi connectivity index (χ0v) is 18.4. The Bertz CT molecular complexity index is 1010. The maximum absolute atomic E-state index is 12.7. The van der Waals surface area contributed by atoms with E-state index in [-0.39, 0.29) is 17.7 Å². The fourth-order valence-corrected chi connectivity index (χ4v) is 4.81. The molecule has 1 fully saturated rings. The maximum Gasteiger partial charge on any atom is 0.265 e. The number of rotatable bonds is 6. The van der Waals surface area contributed by atoms with Gasteiger partial charge >= 0.3 is 0 Å². The summed E-state index contributed by atoms with van der Waals surface area (Å²) in [5.74, 6) is -0.0974. The predicted molar refractivity (Wildman–Crippen MR) is 122 cm³/mol. The van der Waals surface area contributed by atoms with Crippen molar-refractivity contribution in [2.75, 3.05) is 23.7 Å². The van der Waals surface area contributed by atoms with Gasteiger partial charge in [-0.05, 0) is 62.5 Å². The number of nitrogens with one attached hydrogen (secondary N) is 2. The molecular weight excluding hydrogens is 416 g/mol. The molecule has 1 aromatic carbocycles. The molecule has 156 valence electrons. The van der Waals surface area contributed by atoms with Gasteiger partial charge in [-0.1, -0.05) is 12.1 Å². The highest BCUT2D eigenvalue weighted by molar-refractivity contribution is 7.12. The number of aromatic nitrogens is 1. The molecule has 0 radical (unpaired) electrons. The van der Waals surface area contributed by atoms with Gasteiger partial charge in [0.1, 0.15) is 0 Å². The SMILES string of the molecule is Cc1nc(CN2CCC(C(=O)Nc3cccc(NC(=O)c4cccs4)c3)CC2)cs1. The van der Waals surface area contributed by atoms with E-state index < -0.39 is 0 Å². The normalized spacial score (nSPS) is 15.1. The van der Waals surface area contributed by atoms with Crippen molar-refractivity contribution in [2.24, 2.45) is 5.92 Å². The van der Waals surface area contributed by atoms with E-state index in [4.69, 9.17) is 0 Å². The van der Waals surface area contributed by atoms with Crippen molar-refractivity contribution < 1.29 is 9.59 Å². The predicted octanol–water partition coefficient (Wildman–Crippen LogP) is 4.62. The second kappa shape index (κ2) is 9.51. The van der Waals surface area contributed by atoms with Crippen molar-refractivity contribution >= 4 is 45.9 Å². The molecule has 1 aliphatic rings. The molecule has 1 aliphatic heterocycles. The van der Waals surface area contributed by atoms with E-state index in [0.29, 0.717) is 16.3 Å². The number of hydrogen-bond acceptors (Lipinski definition) is 6. The molecule has 3 heterocycles. The molecule has 30 heavy (non-hydrogen) atoms. The maximum atomic E-state index is 12.7. The topological polar surface area (TPSA) is 74.3 Å². The van der Waals surface area contributed by atoms with Crippen LogP contribution in [0, 0.1) is 12.8 Å². The summed E-state index contributed by atoms with van der Waals surface area (Å²) in [6, 6.07) is 10.9. The lowest BCUT2D eigenvalue weighted by Gasteiger charge is -2.30. The van der Waals surface area contributed by atoms with E-state index >= 15 is 0 Å². The lowest BCUT2D eigenvalue weighted by molar-refractivity contribution is -0.121. The second-order valence-electron chi connectivity index (χ2n) is 7.41. The van der Waals surface area contributed by atoms with Crippen LogP contribution >= 0.6 is 22.7 Å². The molecule has 2 amide bonds. The first kappa shape index (κ1) is 20.7. The summed E-state index contributed by atoms with van der Waals surface area (Å²) >= 11 is 3.07. The Morgan fingerprint density at radius 1 is 1.10 bits per heavy atom. The Morgan fingerprint density at radius 2 is 1.87 bits per heavy atom. The molecule has 4 rings (SSSR count). The van der Waals surface area contributed by atoms with E-state index in [9.17, 15) is 9.59 Å². The minimum Gasteiger partial charge on any atom is -0.326 e. The quantitative estimate of drug-likeness (QED) is 0.587. The van der Waals surface area contributed by atoms with Gasteiger partial charge in [-0.2, -0.15) is 0 Å². The Labute approximate surface area is 184 Å². The zero-order chi connectivity index (χ0) is 20.9. The highest BCUT2D eigenvalue weighted by Crippen LogP contribution is 2.23. The molecule has 0 spiro atoms. The summed E-state index contributed by atoms with van der Waals surface area (Å²) < 4.78 is 0. The first-order chi connectivity index (χ1) is 14.6. The lowest BCUT2D eigenvalue weighted by Crippen LogP contribution is -2.37. The van der Waals surface area contributed by atoms with Crippen molar-refractivity contribution in [3.63, 3.8) is 0 Å². The fourth-order valence-electron chi connectivity index (χ4n) is 3.58. The Balaban J connectivity index is 1.28. The van der Waals surface area contributed by atoms with E-state index in [2.05, 4.69) is 25.9 Å². The summed E-state index contributed by atoms with van der Waals surface area (Å²) in [5, 5.41) is 11.0. The van der Waals surface area contributed by atoms with Crippen LogP contribution in [0.2, 0.25) is 0 Å². The van der Waals surface area contributed by atoms with Crippen LogP contribution in [0.25, 0.3) is 0 Å². The third-order valence-corrected chi connectivity index (χ3v) is 6.83.